The van der Waals surface area contributed by atoms with Crippen LogP contribution in [0.4, 0.5) is 0 Å². The Morgan fingerprint density at radius 3 is 2.43 bits per heavy atom. The summed E-state index contributed by atoms with van der Waals surface area (Å²) in [5, 5.41) is 8.65. The fourth-order valence-corrected chi connectivity index (χ4v) is 2.14. The molecule has 21 heavy (non-hydrogen) atoms. The van der Waals surface area contributed by atoms with Crippen LogP contribution >= 0.6 is 0 Å². The SMILES string of the molecule is Cc1cc(C)c(OCC(C)C)c(C(=O)CCCC(=O)O)c1. The van der Waals surface area contributed by atoms with Crippen LogP contribution in [0.25, 0.3) is 0 Å². The van der Waals surface area contributed by atoms with Gasteiger partial charge in [0.1, 0.15) is 5.75 Å². The van der Waals surface area contributed by atoms with Gasteiger partial charge in [0, 0.05) is 12.8 Å². The third-order valence-electron chi connectivity index (χ3n) is 3.07. The van der Waals surface area contributed by atoms with E-state index in [4.69, 9.17) is 9.84 Å². The summed E-state index contributed by atoms with van der Waals surface area (Å²) in [5.41, 5.74) is 2.52. The van der Waals surface area contributed by atoms with E-state index in [1.807, 2.05) is 26.0 Å². The number of ketones is 1. The van der Waals surface area contributed by atoms with Crippen LogP contribution in [0, 0.1) is 19.8 Å². The van der Waals surface area contributed by atoms with Gasteiger partial charge in [0.15, 0.2) is 5.78 Å². The normalized spacial score (nSPS) is 10.7. The minimum Gasteiger partial charge on any atom is -0.492 e. The molecular weight excluding hydrogens is 268 g/mol. The van der Waals surface area contributed by atoms with Crippen LogP contribution in [0.3, 0.4) is 0 Å². The standard InChI is InChI=1S/C17H24O4/c1-11(2)10-21-17-13(4)8-12(3)9-14(17)15(18)6-5-7-16(19)20/h8-9,11H,5-7,10H2,1-4H3,(H,19,20). The van der Waals surface area contributed by atoms with Crippen molar-refractivity contribution in [1.82, 2.24) is 0 Å². The van der Waals surface area contributed by atoms with E-state index in [0.29, 0.717) is 30.3 Å². The molecule has 0 saturated heterocycles. The van der Waals surface area contributed by atoms with Crippen LogP contribution in [0.1, 0.15) is 54.6 Å². The van der Waals surface area contributed by atoms with E-state index in [-0.39, 0.29) is 18.6 Å². The highest BCUT2D eigenvalue weighted by Crippen LogP contribution is 2.27. The zero-order chi connectivity index (χ0) is 16.0. The molecule has 0 heterocycles. The molecule has 4 heteroatoms. The van der Waals surface area contributed by atoms with Crippen molar-refractivity contribution < 1.29 is 19.4 Å². The molecule has 0 spiro atoms. The Morgan fingerprint density at radius 2 is 1.86 bits per heavy atom. The molecule has 0 aliphatic carbocycles. The summed E-state index contributed by atoms with van der Waals surface area (Å²) in [6.07, 6.45) is 0.594. The van der Waals surface area contributed by atoms with Crippen molar-refractivity contribution in [3.63, 3.8) is 0 Å². The van der Waals surface area contributed by atoms with Crippen molar-refractivity contribution in [2.24, 2.45) is 5.92 Å². The number of hydrogen-bond acceptors (Lipinski definition) is 3. The topological polar surface area (TPSA) is 63.6 Å². The summed E-state index contributed by atoms with van der Waals surface area (Å²) < 4.78 is 5.80. The molecule has 0 aliphatic heterocycles. The second-order valence-electron chi connectivity index (χ2n) is 5.83. The van der Waals surface area contributed by atoms with Gasteiger partial charge >= 0.3 is 5.97 Å². The maximum Gasteiger partial charge on any atom is 0.303 e. The molecule has 0 fully saturated rings. The Balaban J connectivity index is 2.92. The van der Waals surface area contributed by atoms with Crippen LogP contribution in [0.15, 0.2) is 12.1 Å². The van der Waals surface area contributed by atoms with Gasteiger partial charge in [-0.25, -0.2) is 0 Å². The summed E-state index contributed by atoms with van der Waals surface area (Å²) in [7, 11) is 0. The number of hydrogen-bond donors (Lipinski definition) is 1. The molecule has 0 aromatic heterocycles. The minimum absolute atomic E-state index is 0.0126. The van der Waals surface area contributed by atoms with E-state index in [2.05, 4.69) is 13.8 Å². The molecule has 0 bridgehead atoms. The van der Waals surface area contributed by atoms with Gasteiger partial charge < -0.3 is 9.84 Å². The second-order valence-corrected chi connectivity index (χ2v) is 5.83. The lowest BCUT2D eigenvalue weighted by molar-refractivity contribution is -0.137. The Bertz CT molecular complexity index is 518. The van der Waals surface area contributed by atoms with Crippen molar-refractivity contribution in [3.8, 4) is 5.75 Å². The first-order chi connectivity index (χ1) is 9.81. The van der Waals surface area contributed by atoms with Gasteiger partial charge in [-0.05, 0) is 43.4 Å². The third kappa shape index (κ3) is 5.58. The molecule has 4 nitrogen and oxygen atoms in total. The molecule has 1 aromatic rings. The fraction of sp³-hybridized carbons (Fsp3) is 0.529. The highest BCUT2D eigenvalue weighted by molar-refractivity contribution is 5.99. The van der Waals surface area contributed by atoms with Crippen LogP contribution < -0.4 is 4.74 Å². The highest BCUT2D eigenvalue weighted by Gasteiger charge is 2.16. The van der Waals surface area contributed by atoms with Gasteiger partial charge in [-0.15, -0.1) is 0 Å². The van der Waals surface area contributed by atoms with Crippen molar-refractivity contribution in [2.45, 2.75) is 47.0 Å². The van der Waals surface area contributed by atoms with Crippen molar-refractivity contribution in [3.05, 3.63) is 28.8 Å². The largest absolute Gasteiger partial charge is 0.492 e. The number of carboxylic acid groups (broad SMARTS) is 1. The average Bonchev–Trinajstić information content (AvgIpc) is 2.35. The molecular formula is C17H24O4. The van der Waals surface area contributed by atoms with E-state index in [1.54, 1.807) is 0 Å². The Hall–Kier alpha value is -1.84. The maximum absolute atomic E-state index is 12.3. The zero-order valence-electron chi connectivity index (χ0n) is 13.2. The number of carbonyl (C=O) groups excluding carboxylic acids is 1. The number of rotatable bonds is 8. The van der Waals surface area contributed by atoms with E-state index in [9.17, 15) is 9.59 Å². The average molecular weight is 292 g/mol. The van der Waals surface area contributed by atoms with Crippen molar-refractivity contribution in [1.29, 1.82) is 0 Å². The molecule has 0 saturated carbocycles. The molecule has 0 amide bonds. The number of carboxylic acids is 1. The van der Waals surface area contributed by atoms with Gasteiger partial charge in [0.2, 0.25) is 0 Å². The lowest BCUT2D eigenvalue weighted by Crippen LogP contribution is -2.11. The molecule has 0 unspecified atom stereocenters. The Morgan fingerprint density at radius 1 is 1.19 bits per heavy atom. The first kappa shape index (κ1) is 17.2. The van der Waals surface area contributed by atoms with Crippen LogP contribution in [-0.2, 0) is 4.79 Å². The van der Waals surface area contributed by atoms with E-state index in [1.165, 1.54) is 0 Å². The summed E-state index contributed by atoms with van der Waals surface area (Å²) in [5.74, 6) is 0.0802. The second kappa shape index (κ2) is 7.81. The summed E-state index contributed by atoms with van der Waals surface area (Å²) in [4.78, 5) is 22.9. The Labute approximate surface area is 126 Å². The van der Waals surface area contributed by atoms with Gasteiger partial charge in [-0.2, -0.15) is 0 Å². The first-order valence-corrected chi connectivity index (χ1v) is 7.30. The number of ether oxygens (including phenoxy) is 1. The van der Waals surface area contributed by atoms with Gasteiger partial charge in [0.25, 0.3) is 0 Å². The van der Waals surface area contributed by atoms with Gasteiger partial charge in [-0.3, -0.25) is 9.59 Å². The molecule has 1 rings (SSSR count). The van der Waals surface area contributed by atoms with Crippen molar-refractivity contribution >= 4 is 11.8 Å². The molecule has 0 aliphatic rings. The number of aliphatic carboxylic acids is 1. The predicted molar refractivity (Wildman–Crippen MR) is 82.1 cm³/mol. The predicted octanol–water partition coefficient (Wildman–Crippen LogP) is 3.78. The number of carbonyl (C=O) groups is 2. The lowest BCUT2D eigenvalue weighted by atomic mass is 9.99. The third-order valence-corrected chi connectivity index (χ3v) is 3.07. The van der Waals surface area contributed by atoms with E-state index < -0.39 is 5.97 Å². The quantitative estimate of drug-likeness (QED) is 0.741. The summed E-state index contributed by atoms with van der Waals surface area (Å²) >= 11 is 0. The lowest BCUT2D eigenvalue weighted by Gasteiger charge is -2.16. The minimum atomic E-state index is -0.875. The van der Waals surface area contributed by atoms with Crippen LogP contribution in [0.2, 0.25) is 0 Å². The zero-order valence-corrected chi connectivity index (χ0v) is 13.2. The number of aryl methyl sites for hydroxylation is 2. The highest BCUT2D eigenvalue weighted by atomic mass is 16.5. The molecule has 0 radical (unpaired) electrons. The van der Waals surface area contributed by atoms with Crippen molar-refractivity contribution in [2.75, 3.05) is 6.61 Å². The fourth-order valence-electron chi connectivity index (χ4n) is 2.14. The molecule has 1 N–H and O–H groups in total. The monoisotopic (exact) mass is 292 g/mol. The van der Waals surface area contributed by atoms with Crippen LogP contribution in [0.5, 0.6) is 5.75 Å². The van der Waals surface area contributed by atoms with Gasteiger partial charge in [-0.1, -0.05) is 19.9 Å². The summed E-state index contributed by atoms with van der Waals surface area (Å²) in [6.45, 7) is 8.53. The maximum atomic E-state index is 12.3. The smallest absolute Gasteiger partial charge is 0.303 e. The van der Waals surface area contributed by atoms with Gasteiger partial charge in [0.05, 0.1) is 12.2 Å². The number of benzene rings is 1. The number of Topliss-reactive ketones (excluding diaryl/α,β-unsaturated/α-hetero) is 1. The van der Waals surface area contributed by atoms with E-state index in [0.717, 1.165) is 11.1 Å². The molecule has 116 valence electrons. The summed E-state index contributed by atoms with van der Waals surface area (Å²) in [6, 6.07) is 3.81. The molecule has 1 aromatic carbocycles. The van der Waals surface area contributed by atoms with Crippen LogP contribution in [-0.4, -0.2) is 23.5 Å². The first-order valence-electron chi connectivity index (χ1n) is 7.30. The molecule has 0 atom stereocenters. The Kier molecular flexibility index (Phi) is 6.40. The van der Waals surface area contributed by atoms with E-state index >= 15 is 0 Å².